The van der Waals surface area contributed by atoms with Crippen LogP contribution in [0.3, 0.4) is 0 Å². The van der Waals surface area contributed by atoms with Gasteiger partial charge in [0.05, 0.1) is 19.8 Å². The highest BCUT2D eigenvalue weighted by Gasteiger charge is 2.21. The number of nitrogens with zero attached hydrogens (tertiary/aromatic N) is 4. The van der Waals surface area contributed by atoms with Gasteiger partial charge in [-0.1, -0.05) is 289 Å². The average Bonchev–Trinajstić information content (AvgIpc) is 1.02. The van der Waals surface area contributed by atoms with Crippen molar-refractivity contribution in [2.24, 2.45) is 11.8 Å². The van der Waals surface area contributed by atoms with Crippen molar-refractivity contribution >= 4 is 36.2 Å². The van der Waals surface area contributed by atoms with E-state index in [1.54, 1.807) is 0 Å². The quantitative estimate of drug-likeness (QED) is 0.0328. The van der Waals surface area contributed by atoms with Crippen LogP contribution in [0.25, 0.3) is 0 Å². The second-order valence-corrected chi connectivity index (χ2v) is 31.5. The van der Waals surface area contributed by atoms with E-state index in [2.05, 4.69) is 103 Å². The zero-order valence-electron chi connectivity index (χ0n) is 74.8. The van der Waals surface area contributed by atoms with E-state index < -0.39 is 18.3 Å². The number of aliphatic hydroxyl groups is 1. The van der Waals surface area contributed by atoms with Crippen molar-refractivity contribution in [3.05, 3.63) is 0 Å². The summed E-state index contributed by atoms with van der Waals surface area (Å²) in [5, 5.41) is 17.6. The number of carboxylic acids is 1. The van der Waals surface area contributed by atoms with Gasteiger partial charge in [0.15, 0.2) is 0 Å². The van der Waals surface area contributed by atoms with Crippen LogP contribution >= 0.6 is 0 Å². The average molecular weight is 1580 g/mol. The predicted molar refractivity (Wildman–Crippen MR) is 461 cm³/mol. The Hall–Kier alpha value is -3.78. The van der Waals surface area contributed by atoms with Crippen LogP contribution in [-0.4, -0.2) is 196 Å². The van der Waals surface area contributed by atoms with Gasteiger partial charge in [0.2, 0.25) is 0 Å². The molecule has 0 aliphatic rings. The van der Waals surface area contributed by atoms with E-state index in [4.69, 9.17) is 38.3 Å². The number of ether oxygens (including phenoxy) is 7. The van der Waals surface area contributed by atoms with Gasteiger partial charge in [0, 0.05) is 78.0 Å². The van der Waals surface area contributed by atoms with Gasteiger partial charge in [0.25, 0.3) is 0 Å². The number of unbranched alkanes of at least 4 members (excludes halogenated alkanes) is 30. The Kier molecular flexibility index (Phi) is 88.9. The maximum Gasteiger partial charge on any atom is 0.508 e. The van der Waals surface area contributed by atoms with Gasteiger partial charge in [-0.2, -0.15) is 0 Å². The second-order valence-electron chi connectivity index (χ2n) is 31.5. The van der Waals surface area contributed by atoms with E-state index in [1.807, 2.05) is 0 Å². The maximum atomic E-state index is 12.8. The monoisotopic (exact) mass is 1580 g/mol. The fourth-order valence-electron chi connectivity index (χ4n) is 13.8. The molecule has 4 atom stereocenters. The molecule has 0 heterocycles. The number of likely N-dealkylation sites (N-methyl/N-ethyl adjacent to an activating group) is 2. The van der Waals surface area contributed by atoms with Crippen molar-refractivity contribution in [2.75, 3.05) is 118 Å². The molecule has 0 aromatic heterocycles. The summed E-state index contributed by atoms with van der Waals surface area (Å²) in [6, 6.07) is 0. The van der Waals surface area contributed by atoms with Crippen molar-refractivity contribution in [2.45, 2.75) is 429 Å². The zero-order chi connectivity index (χ0) is 82.5. The molecule has 19 heteroatoms. The molecule has 0 aliphatic carbocycles. The van der Waals surface area contributed by atoms with E-state index in [-0.39, 0.29) is 49.9 Å². The number of hydrogen-bond donors (Lipinski definition) is 2. The SMILES string of the molecule is CCCCCCC(=O)O.CCCCCCC(=O)OCCN(CCOC(=O)OC(CCCCCC)CCCCCCCCC(=O)OCC(CCCC)CCCCCC)CCN(CC)CC.CCCCCCC(CCCC)COC(=O)CCCCCCCCC(CCCCCC)OC(=O)OCCN(CCO)CCN(CC)CC. The Balaban J connectivity index is -0.00000190. The third-order valence-electron chi connectivity index (χ3n) is 21.5. The molecule has 0 aromatic rings. The largest absolute Gasteiger partial charge is 0.508 e. The van der Waals surface area contributed by atoms with Gasteiger partial charge < -0.3 is 53.2 Å². The summed E-state index contributed by atoms with van der Waals surface area (Å²) < 4.78 is 39.6. The Morgan fingerprint density at radius 2 is 0.514 bits per heavy atom. The summed E-state index contributed by atoms with van der Waals surface area (Å²) in [5.74, 6) is 0.162. The van der Waals surface area contributed by atoms with E-state index in [1.165, 1.54) is 135 Å². The fraction of sp³-hybridized carbons (Fsp3) is 0.935. The molecule has 4 unspecified atom stereocenters. The van der Waals surface area contributed by atoms with E-state index in [9.17, 15) is 33.9 Å². The Bertz CT molecular complexity index is 2000. The van der Waals surface area contributed by atoms with Crippen molar-refractivity contribution in [1.82, 2.24) is 19.6 Å². The van der Waals surface area contributed by atoms with Crippen LogP contribution in [0.2, 0.25) is 0 Å². The number of carbonyl (C=O) groups excluding carboxylic acids is 5. The van der Waals surface area contributed by atoms with Crippen molar-refractivity contribution in [1.29, 1.82) is 0 Å². The van der Waals surface area contributed by atoms with E-state index in [0.29, 0.717) is 83.5 Å². The molecule has 0 aromatic carbocycles. The van der Waals surface area contributed by atoms with Gasteiger partial charge in [-0.05, 0) is 141 Å². The summed E-state index contributed by atoms with van der Waals surface area (Å²) in [6.07, 6.45) is 53.9. The predicted octanol–water partition coefficient (Wildman–Crippen LogP) is 23.7. The van der Waals surface area contributed by atoms with Crippen molar-refractivity contribution < 1.29 is 72.1 Å². The smallest absolute Gasteiger partial charge is 0.481 e. The molecule has 0 saturated heterocycles. The highest BCUT2D eigenvalue weighted by molar-refractivity contribution is 5.70. The molecule has 0 radical (unpaired) electrons. The van der Waals surface area contributed by atoms with Gasteiger partial charge in [-0.25, -0.2) is 9.59 Å². The van der Waals surface area contributed by atoms with Crippen LogP contribution in [0.1, 0.15) is 417 Å². The number of carbonyl (C=O) groups is 6. The van der Waals surface area contributed by atoms with Crippen LogP contribution < -0.4 is 0 Å². The topological polar surface area (TPSA) is 220 Å². The summed E-state index contributed by atoms with van der Waals surface area (Å²) in [4.78, 5) is 81.3. The molecule has 0 spiro atoms. The third kappa shape index (κ3) is 81.2. The number of carboxylic acid groups (broad SMARTS) is 1. The zero-order valence-corrected chi connectivity index (χ0v) is 74.8. The highest BCUT2D eigenvalue weighted by atomic mass is 16.7. The summed E-state index contributed by atoms with van der Waals surface area (Å²) in [6.45, 7) is 38.2. The lowest BCUT2D eigenvalue weighted by molar-refractivity contribution is -0.146. The van der Waals surface area contributed by atoms with Crippen LogP contribution in [0.5, 0.6) is 0 Å². The minimum atomic E-state index is -0.675. The molecule has 2 N–H and O–H groups in total. The molecule has 660 valence electrons. The van der Waals surface area contributed by atoms with Crippen LogP contribution in [-0.2, 0) is 52.3 Å². The lowest BCUT2D eigenvalue weighted by Crippen LogP contribution is -2.39. The first-order chi connectivity index (χ1) is 54.0. The minimum absolute atomic E-state index is 0.0317. The first-order valence-electron chi connectivity index (χ1n) is 46.9. The Morgan fingerprint density at radius 1 is 0.261 bits per heavy atom. The lowest BCUT2D eigenvalue weighted by atomic mass is 9.96. The molecule has 0 fully saturated rings. The molecule has 0 aliphatic heterocycles. The summed E-state index contributed by atoms with van der Waals surface area (Å²) >= 11 is 0. The fourth-order valence-corrected chi connectivity index (χ4v) is 13.8. The lowest BCUT2D eigenvalue weighted by Gasteiger charge is -2.26. The van der Waals surface area contributed by atoms with Crippen LogP contribution in [0.4, 0.5) is 9.59 Å². The molecule has 0 bridgehead atoms. The number of aliphatic carboxylic acids is 1. The standard InChI is InChI=1S/C46H90N2O7.C39H78N2O6.C7H14O2/c1-7-13-17-24-30-42(29-16-10-4)41-54-45(50)34-28-23-21-20-22-26-32-43(31-25-18-14-8-2)55-46(51)53-40-38-48(36-35-47(11-5)12-6)37-39-52-44(49)33-27-19-15-9-3;1-6-11-14-20-25-36(24-13-8-3)35-46-38(43)28-23-19-17-16-18-22-27-37(26-21-15-12-7-2)47-39(44)45-34-32-41(31-33-42)30-29-40(9-4)10-5;1-2-3-4-5-6-7(8)9/h42-43H,7-41H2,1-6H3;36-37,42H,6-35H2,1-5H3;2-6H2,1H3,(H,8,9). The van der Waals surface area contributed by atoms with E-state index in [0.717, 1.165) is 226 Å². The Morgan fingerprint density at radius 3 is 0.829 bits per heavy atom. The van der Waals surface area contributed by atoms with Gasteiger partial charge in [-0.15, -0.1) is 0 Å². The second kappa shape index (κ2) is 88.6. The Labute approximate surface area is 683 Å². The van der Waals surface area contributed by atoms with Crippen molar-refractivity contribution in [3.8, 4) is 0 Å². The normalized spacial score (nSPS) is 12.4. The molecule has 0 amide bonds. The molecular weight excluding hydrogens is 1400 g/mol. The van der Waals surface area contributed by atoms with Gasteiger partial charge in [-0.3, -0.25) is 29.0 Å². The van der Waals surface area contributed by atoms with E-state index >= 15 is 0 Å². The maximum absolute atomic E-state index is 12.8. The molecule has 111 heavy (non-hydrogen) atoms. The van der Waals surface area contributed by atoms with Crippen molar-refractivity contribution in [3.63, 3.8) is 0 Å². The number of aliphatic hydroxyl groups excluding tert-OH is 1. The van der Waals surface area contributed by atoms with Gasteiger partial charge in [0.1, 0.15) is 32.0 Å². The summed E-state index contributed by atoms with van der Waals surface area (Å²) in [7, 11) is 0. The third-order valence-corrected chi connectivity index (χ3v) is 21.5. The first-order valence-corrected chi connectivity index (χ1v) is 46.9. The summed E-state index contributed by atoms with van der Waals surface area (Å²) in [5.41, 5.74) is 0. The van der Waals surface area contributed by atoms with Crippen LogP contribution in [0.15, 0.2) is 0 Å². The van der Waals surface area contributed by atoms with Gasteiger partial charge >= 0.3 is 36.2 Å². The molecule has 0 saturated carbocycles. The molecule has 0 rings (SSSR count). The number of rotatable bonds is 81. The van der Waals surface area contributed by atoms with Crippen LogP contribution in [0, 0.1) is 11.8 Å². The highest BCUT2D eigenvalue weighted by Crippen LogP contribution is 2.23. The minimum Gasteiger partial charge on any atom is -0.481 e. The number of esters is 3. The first kappa shape index (κ1) is 111. The number of hydrogen-bond acceptors (Lipinski definition) is 18. The molecular formula is C92H182N4O15. The molecule has 19 nitrogen and oxygen atoms in total.